The zero-order valence-electron chi connectivity index (χ0n) is 11.5. The molecule has 2 rings (SSSR count). The number of urea groups is 1. The van der Waals surface area contributed by atoms with E-state index in [2.05, 4.69) is 10.6 Å². The number of hydrogen-bond donors (Lipinski definition) is 2. The Kier molecular flexibility index (Phi) is 4.14. The summed E-state index contributed by atoms with van der Waals surface area (Å²) in [5.41, 5.74) is 0.679. The smallest absolute Gasteiger partial charge is 0.319 e. The number of hydrogen-bond acceptors (Lipinski definition) is 3. The number of rotatable bonds is 5. The summed E-state index contributed by atoms with van der Waals surface area (Å²) in [4.78, 5) is 11.8. The van der Waals surface area contributed by atoms with Crippen LogP contribution in [0.2, 0.25) is 0 Å². The van der Waals surface area contributed by atoms with Crippen LogP contribution in [-0.2, 0) is 0 Å². The van der Waals surface area contributed by atoms with Gasteiger partial charge in [-0.05, 0) is 37.8 Å². The van der Waals surface area contributed by atoms with Gasteiger partial charge in [0.05, 0.1) is 14.2 Å². The van der Waals surface area contributed by atoms with Crippen molar-refractivity contribution in [3.63, 3.8) is 0 Å². The first-order chi connectivity index (χ1) is 9.13. The second-order valence-electron chi connectivity index (χ2n) is 4.79. The van der Waals surface area contributed by atoms with Crippen LogP contribution in [0.3, 0.4) is 0 Å². The Morgan fingerprint density at radius 3 is 2.53 bits per heavy atom. The maximum Gasteiger partial charge on any atom is 0.319 e. The lowest BCUT2D eigenvalue weighted by molar-refractivity contribution is 0.248. The fraction of sp³-hybridized carbons (Fsp3) is 0.500. The molecule has 0 aromatic heterocycles. The third-order valence-electron chi connectivity index (χ3n) is 3.33. The maximum absolute atomic E-state index is 11.8. The molecule has 1 unspecified atom stereocenters. The minimum atomic E-state index is -0.188. The van der Waals surface area contributed by atoms with Gasteiger partial charge in [-0.1, -0.05) is 0 Å². The van der Waals surface area contributed by atoms with Crippen LogP contribution in [0.25, 0.3) is 0 Å². The van der Waals surface area contributed by atoms with Crippen molar-refractivity contribution in [1.82, 2.24) is 5.32 Å². The SMILES string of the molecule is COc1ccc(NC(=O)NC(C)C2CC2)cc1OC. The van der Waals surface area contributed by atoms with Gasteiger partial charge in [-0.3, -0.25) is 0 Å². The van der Waals surface area contributed by atoms with Gasteiger partial charge in [0.1, 0.15) is 0 Å². The number of carbonyl (C=O) groups excluding carboxylic acids is 1. The van der Waals surface area contributed by atoms with Crippen LogP contribution in [-0.4, -0.2) is 26.3 Å². The molecule has 1 aliphatic rings. The topological polar surface area (TPSA) is 59.6 Å². The summed E-state index contributed by atoms with van der Waals surface area (Å²) in [5.74, 6) is 1.87. The third kappa shape index (κ3) is 3.53. The molecule has 1 atom stereocenters. The van der Waals surface area contributed by atoms with Crippen LogP contribution in [0.1, 0.15) is 19.8 Å². The molecule has 1 saturated carbocycles. The third-order valence-corrected chi connectivity index (χ3v) is 3.33. The van der Waals surface area contributed by atoms with Gasteiger partial charge in [-0.2, -0.15) is 0 Å². The maximum atomic E-state index is 11.8. The first-order valence-corrected chi connectivity index (χ1v) is 6.43. The molecule has 2 amide bonds. The molecule has 104 valence electrons. The molecule has 0 bridgehead atoms. The lowest BCUT2D eigenvalue weighted by Gasteiger charge is -2.14. The standard InChI is InChI=1S/C14H20N2O3/c1-9(10-4-5-10)15-14(17)16-11-6-7-12(18-2)13(8-11)19-3/h6-10H,4-5H2,1-3H3,(H2,15,16,17). The number of methoxy groups -OCH3 is 2. The van der Waals surface area contributed by atoms with Gasteiger partial charge in [-0.15, -0.1) is 0 Å². The Bertz CT molecular complexity index is 458. The summed E-state index contributed by atoms with van der Waals surface area (Å²) < 4.78 is 10.3. The van der Waals surface area contributed by atoms with Crippen molar-refractivity contribution in [2.75, 3.05) is 19.5 Å². The minimum Gasteiger partial charge on any atom is -0.493 e. The highest BCUT2D eigenvalue weighted by Crippen LogP contribution is 2.32. The van der Waals surface area contributed by atoms with Crippen molar-refractivity contribution in [1.29, 1.82) is 0 Å². The molecule has 0 spiro atoms. The van der Waals surface area contributed by atoms with Crippen LogP contribution in [0.15, 0.2) is 18.2 Å². The Labute approximate surface area is 113 Å². The van der Waals surface area contributed by atoms with E-state index < -0.39 is 0 Å². The number of anilines is 1. The van der Waals surface area contributed by atoms with Crippen LogP contribution in [0, 0.1) is 5.92 Å². The van der Waals surface area contributed by atoms with E-state index in [9.17, 15) is 4.79 Å². The predicted octanol–water partition coefficient (Wildman–Crippen LogP) is 2.62. The minimum absolute atomic E-state index is 0.188. The summed E-state index contributed by atoms with van der Waals surface area (Å²) in [5, 5.41) is 5.73. The molecule has 5 heteroatoms. The predicted molar refractivity (Wildman–Crippen MR) is 73.9 cm³/mol. The molecule has 0 saturated heterocycles. The van der Waals surface area contributed by atoms with Crippen molar-refractivity contribution >= 4 is 11.7 Å². The highest BCUT2D eigenvalue weighted by Gasteiger charge is 2.28. The Morgan fingerprint density at radius 1 is 1.26 bits per heavy atom. The molecule has 19 heavy (non-hydrogen) atoms. The molecule has 0 aliphatic heterocycles. The second-order valence-corrected chi connectivity index (χ2v) is 4.79. The van der Waals surface area contributed by atoms with Crippen molar-refractivity contribution < 1.29 is 14.3 Å². The number of amides is 2. The molecule has 5 nitrogen and oxygen atoms in total. The van der Waals surface area contributed by atoms with Gasteiger partial charge in [0, 0.05) is 17.8 Å². The van der Waals surface area contributed by atoms with Crippen molar-refractivity contribution in [2.24, 2.45) is 5.92 Å². The fourth-order valence-electron chi connectivity index (χ4n) is 2.00. The first-order valence-electron chi connectivity index (χ1n) is 6.43. The van der Waals surface area contributed by atoms with E-state index in [1.807, 2.05) is 6.92 Å². The summed E-state index contributed by atoms with van der Waals surface area (Å²) in [6.45, 7) is 2.03. The summed E-state index contributed by atoms with van der Waals surface area (Å²) in [6.07, 6.45) is 2.41. The van der Waals surface area contributed by atoms with E-state index in [1.165, 1.54) is 12.8 Å². The number of nitrogens with one attached hydrogen (secondary N) is 2. The molecular weight excluding hydrogens is 244 g/mol. The molecule has 1 aromatic carbocycles. The van der Waals surface area contributed by atoms with E-state index in [0.29, 0.717) is 23.1 Å². The normalized spacial score (nSPS) is 15.5. The van der Waals surface area contributed by atoms with E-state index in [-0.39, 0.29) is 12.1 Å². The van der Waals surface area contributed by atoms with E-state index >= 15 is 0 Å². The lowest BCUT2D eigenvalue weighted by Crippen LogP contribution is -2.37. The van der Waals surface area contributed by atoms with Crippen LogP contribution >= 0.6 is 0 Å². The zero-order valence-corrected chi connectivity index (χ0v) is 11.5. The molecule has 1 aromatic rings. The van der Waals surface area contributed by atoms with E-state index in [1.54, 1.807) is 32.4 Å². The molecule has 1 aliphatic carbocycles. The monoisotopic (exact) mass is 264 g/mol. The van der Waals surface area contributed by atoms with E-state index in [0.717, 1.165) is 0 Å². The van der Waals surface area contributed by atoms with Gasteiger partial charge in [0.2, 0.25) is 0 Å². The van der Waals surface area contributed by atoms with Crippen molar-refractivity contribution in [2.45, 2.75) is 25.8 Å². The summed E-state index contributed by atoms with van der Waals surface area (Å²) in [7, 11) is 3.14. The van der Waals surface area contributed by atoms with Gasteiger partial charge < -0.3 is 20.1 Å². The number of carbonyl (C=O) groups is 1. The van der Waals surface area contributed by atoms with Crippen LogP contribution < -0.4 is 20.1 Å². The molecule has 2 N–H and O–H groups in total. The van der Waals surface area contributed by atoms with Crippen LogP contribution in [0.5, 0.6) is 11.5 Å². The summed E-state index contributed by atoms with van der Waals surface area (Å²) in [6, 6.07) is 5.31. The Hall–Kier alpha value is -1.91. The van der Waals surface area contributed by atoms with Gasteiger partial charge in [0.15, 0.2) is 11.5 Å². The highest BCUT2D eigenvalue weighted by atomic mass is 16.5. The molecule has 0 radical (unpaired) electrons. The largest absolute Gasteiger partial charge is 0.493 e. The lowest BCUT2D eigenvalue weighted by atomic mass is 10.2. The average Bonchev–Trinajstić information content (AvgIpc) is 3.22. The Balaban J connectivity index is 1.95. The average molecular weight is 264 g/mol. The summed E-state index contributed by atoms with van der Waals surface area (Å²) >= 11 is 0. The molecule has 1 fully saturated rings. The quantitative estimate of drug-likeness (QED) is 0.859. The van der Waals surface area contributed by atoms with Gasteiger partial charge in [0.25, 0.3) is 0 Å². The van der Waals surface area contributed by atoms with Crippen LogP contribution in [0.4, 0.5) is 10.5 Å². The van der Waals surface area contributed by atoms with Gasteiger partial charge in [-0.25, -0.2) is 4.79 Å². The zero-order chi connectivity index (χ0) is 13.8. The van der Waals surface area contributed by atoms with Gasteiger partial charge >= 0.3 is 6.03 Å². The second kappa shape index (κ2) is 5.82. The Morgan fingerprint density at radius 2 is 1.95 bits per heavy atom. The fourth-order valence-corrected chi connectivity index (χ4v) is 2.00. The van der Waals surface area contributed by atoms with Crippen molar-refractivity contribution in [3.8, 4) is 11.5 Å². The molecular formula is C14H20N2O3. The van der Waals surface area contributed by atoms with E-state index in [4.69, 9.17) is 9.47 Å². The first kappa shape index (κ1) is 13.5. The van der Waals surface area contributed by atoms with Crippen molar-refractivity contribution in [3.05, 3.63) is 18.2 Å². The number of ether oxygens (including phenoxy) is 2. The highest BCUT2D eigenvalue weighted by molar-refractivity contribution is 5.89. The molecule has 0 heterocycles. The number of benzene rings is 1.